The molecule has 0 spiro atoms. The number of carbonyl (C=O) groups is 1. The molecule has 4 rings (SSSR count). The van der Waals surface area contributed by atoms with Crippen LogP contribution in [0.15, 0.2) is 40.8 Å². The van der Waals surface area contributed by atoms with Crippen molar-refractivity contribution < 1.29 is 27.1 Å². The minimum atomic E-state index is -4.66. The van der Waals surface area contributed by atoms with Crippen LogP contribution < -0.4 is 15.4 Å². The lowest BCUT2D eigenvalue weighted by atomic mass is 9.98. The SMILES string of the molecule is COc1ccc2oc3cc([C@H](N[C@@H](CC(C)C)C(=O)NC4(C#N)CC4)C(F)(F)F)ccc3c2c1. The summed E-state index contributed by atoms with van der Waals surface area (Å²) in [7, 11) is 1.53. The predicted octanol–water partition coefficient (Wildman–Crippen LogP) is 5.37. The molecule has 2 aromatic carbocycles. The number of hydrogen-bond acceptors (Lipinski definition) is 5. The van der Waals surface area contributed by atoms with Crippen molar-refractivity contribution in [1.29, 1.82) is 5.26 Å². The van der Waals surface area contributed by atoms with Gasteiger partial charge in [0.1, 0.15) is 28.5 Å². The molecule has 34 heavy (non-hydrogen) atoms. The maximum Gasteiger partial charge on any atom is 0.407 e. The van der Waals surface area contributed by atoms with E-state index in [1.165, 1.54) is 19.2 Å². The second-order valence-corrected chi connectivity index (χ2v) is 9.23. The third-order valence-corrected chi connectivity index (χ3v) is 6.08. The van der Waals surface area contributed by atoms with Crippen molar-refractivity contribution in [1.82, 2.24) is 10.6 Å². The van der Waals surface area contributed by atoms with Crippen LogP contribution in [0.4, 0.5) is 13.2 Å². The largest absolute Gasteiger partial charge is 0.497 e. The molecule has 1 saturated carbocycles. The van der Waals surface area contributed by atoms with Crippen LogP contribution in [0.3, 0.4) is 0 Å². The summed E-state index contributed by atoms with van der Waals surface area (Å²) >= 11 is 0. The first-order valence-corrected chi connectivity index (χ1v) is 11.1. The molecule has 9 heteroatoms. The van der Waals surface area contributed by atoms with Gasteiger partial charge < -0.3 is 14.5 Å². The van der Waals surface area contributed by atoms with Gasteiger partial charge in [0.05, 0.1) is 19.2 Å². The molecule has 0 radical (unpaired) electrons. The van der Waals surface area contributed by atoms with Crippen LogP contribution in [-0.2, 0) is 4.79 Å². The first kappa shape index (κ1) is 23.9. The van der Waals surface area contributed by atoms with E-state index in [0.717, 1.165) is 5.39 Å². The van der Waals surface area contributed by atoms with Crippen LogP contribution in [0.5, 0.6) is 5.75 Å². The standard InChI is InChI=1S/C25H26F3N3O3/c1-14(2)10-19(23(32)31-24(13-29)8-9-24)30-22(25(26,27)28)15-4-6-17-18-12-16(33-3)5-7-20(18)34-21(17)11-15/h4-7,11-12,14,19,22,30H,8-10H2,1-3H3,(H,31,32)/t19-,22-/m0/s1. The van der Waals surface area contributed by atoms with E-state index in [2.05, 4.69) is 10.6 Å². The van der Waals surface area contributed by atoms with Crippen LogP contribution in [0.25, 0.3) is 21.9 Å². The zero-order valence-electron chi connectivity index (χ0n) is 19.1. The molecule has 6 nitrogen and oxygen atoms in total. The molecule has 0 bridgehead atoms. The summed E-state index contributed by atoms with van der Waals surface area (Å²) in [6.45, 7) is 3.66. The summed E-state index contributed by atoms with van der Waals surface area (Å²) in [5, 5.41) is 15.8. The Morgan fingerprint density at radius 2 is 1.91 bits per heavy atom. The number of alkyl halides is 3. The quantitative estimate of drug-likeness (QED) is 0.459. The average molecular weight is 473 g/mol. The molecule has 0 saturated heterocycles. The summed E-state index contributed by atoms with van der Waals surface area (Å²) in [5.74, 6) is -0.0245. The van der Waals surface area contributed by atoms with Crippen LogP contribution in [0.1, 0.15) is 44.7 Å². The van der Waals surface area contributed by atoms with Gasteiger partial charge in [0.15, 0.2) is 0 Å². The van der Waals surface area contributed by atoms with E-state index in [0.29, 0.717) is 35.1 Å². The molecule has 1 heterocycles. The maximum absolute atomic E-state index is 14.2. The fourth-order valence-electron chi connectivity index (χ4n) is 4.10. The van der Waals surface area contributed by atoms with Crippen LogP contribution in [-0.4, -0.2) is 30.8 Å². The third-order valence-electron chi connectivity index (χ3n) is 6.08. The van der Waals surface area contributed by atoms with Gasteiger partial charge in [-0.1, -0.05) is 26.0 Å². The number of methoxy groups -OCH3 is 1. The Kier molecular flexibility index (Phi) is 6.21. The van der Waals surface area contributed by atoms with Crippen LogP contribution in [0, 0.1) is 17.2 Å². The normalized spacial score (nSPS) is 16.9. The Hall–Kier alpha value is -3.25. The molecule has 1 amide bonds. The zero-order chi connectivity index (χ0) is 24.7. The Balaban J connectivity index is 1.68. The number of ether oxygens (including phenoxy) is 1. The zero-order valence-corrected chi connectivity index (χ0v) is 19.1. The number of furan rings is 1. The highest BCUT2D eigenvalue weighted by Crippen LogP contribution is 2.38. The molecule has 0 aliphatic heterocycles. The molecule has 3 aromatic rings. The van der Waals surface area contributed by atoms with Crippen molar-refractivity contribution in [2.75, 3.05) is 7.11 Å². The summed E-state index contributed by atoms with van der Waals surface area (Å²) < 4.78 is 53.6. The highest BCUT2D eigenvalue weighted by atomic mass is 19.4. The Labute approximate surface area is 195 Å². The van der Waals surface area contributed by atoms with E-state index in [1.807, 2.05) is 19.9 Å². The first-order chi connectivity index (χ1) is 16.0. The number of nitrogens with zero attached hydrogens (tertiary/aromatic N) is 1. The van der Waals surface area contributed by atoms with E-state index in [-0.39, 0.29) is 17.9 Å². The van der Waals surface area contributed by atoms with Crippen molar-refractivity contribution in [3.63, 3.8) is 0 Å². The number of halogens is 3. The molecule has 1 aliphatic rings. The number of hydrogen-bond donors (Lipinski definition) is 2. The van der Waals surface area contributed by atoms with Crippen LogP contribution >= 0.6 is 0 Å². The highest BCUT2D eigenvalue weighted by Gasteiger charge is 2.47. The topological polar surface area (TPSA) is 87.3 Å². The number of amides is 1. The van der Waals surface area contributed by atoms with E-state index in [4.69, 9.17) is 9.15 Å². The molecule has 2 atom stereocenters. The van der Waals surface area contributed by atoms with Crippen molar-refractivity contribution in [3.8, 4) is 11.8 Å². The molecule has 1 aliphatic carbocycles. The van der Waals surface area contributed by atoms with E-state index < -0.39 is 29.7 Å². The Morgan fingerprint density at radius 3 is 2.50 bits per heavy atom. The fourth-order valence-corrected chi connectivity index (χ4v) is 4.10. The molecular formula is C25H26F3N3O3. The number of benzene rings is 2. The molecular weight excluding hydrogens is 447 g/mol. The van der Waals surface area contributed by atoms with Gasteiger partial charge in [0, 0.05) is 10.8 Å². The van der Waals surface area contributed by atoms with E-state index >= 15 is 0 Å². The van der Waals surface area contributed by atoms with Gasteiger partial charge in [-0.25, -0.2) is 0 Å². The minimum absolute atomic E-state index is 0.0396. The Bertz CT molecular complexity index is 1260. The molecule has 2 N–H and O–H groups in total. The van der Waals surface area contributed by atoms with E-state index in [9.17, 15) is 23.2 Å². The molecule has 0 unspecified atom stereocenters. The lowest BCUT2D eigenvalue weighted by Crippen LogP contribution is -2.52. The first-order valence-electron chi connectivity index (χ1n) is 11.1. The number of nitriles is 1. The highest BCUT2D eigenvalue weighted by molar-refractivity contribution is 6.05. The second-order valence-electron chi connectivity index (χ2n) is 9.23. The second kappa shape index (κ2) is 8.84. The van der Waals surface area contributed by atoms with Crippen molar-refractivity contribution in [3.05, 3.63) is 42.0 Å². The maximum atomic E-state index is 14.2. The average Bonchev–Trinajstić information content (AvgIpc) is 3.46. The van der Waals surface area contributed by atoms with E-state index in [1.54, 1.807) is 24.3 Å². The van der Waals surface area contributed by atoms with Gasteiger partial charge in [-0.2, -0.15) is 18.4 Å². The predicted molar refractivity (Wildman–Crippen MR) is 121 cm³/mol. The van der Waals surface area contributed by atoms with Gasteiger partial charge in [0.25, 0.3) is 0 Å². The van der Waals surface area contributed by atoms with Crippen LogP contribution in [0.2, 0.25) is 0 Å². The minimum Gasteiger partial charge on any atom is -0.497 e. The van der Waals surface area contributed by atoms with Gasteiger partial charge in [-0.3, -0.25) is 10.1 Å². The summed E-state index contributed by atoms with van der Waals surface area (Å²) in [6.07, 6.45) is -3.47. The van der Waals surface area contributed by atoms with Gasteiger partial charge in [0.2, 0.25) is 5.91 Å². The number of nitrogens with one attached hydrogen (secondary N) is 2. The number of fused-ring (bicyclic) bond motifs is 3. The summed E-state index contributed by atoms with van der Waals surface area (Å²) in [5.41, 5.74) is -0.180. The Morgan fingerprint density at radius 1 is 1.18 bits per heavy atom. The number of rotatable bonds is 8. The molecule has 1 fully saturated rings. The van der Waals surface area contributed by atoms with Crippen molar-refractivity contribution in [2.24, 2.45) is 5.92 Å². The van der Waals surface area contributed by atoms with Gasteiger partial charge >= 0.3 is 6.18 Å². The summed E-state index contributed by atoms with van der Waals surface area (Å²) in [6, 6.07) is 8.37. The van der Waals surface area contributed by atoms with Gasteiger partial charge in [-0.05, 0) is 55.0 Å². The summed E-state index contributed by atoms with van der Waals surface area (Å²) in [4.78, 5) is 12.9. The number of carbonyl (C=O) groups excluding carboxylic acids is 1. The van der Waals surface area contributed by atoms with Gasteiger partial charge in [-0.15, -0.1) is 0 Å². The lowest BCUT2D eigenvalue weighted by Gasteiger charge is -2.29. The monoisotopic (exact) mass is 473 g/mol. The third kappa shape index (κ3) is 4.82. The fraction of sp³-hybridized carbons (Fsp3) is 0.440. The smallest absolute Gasteiger partial charge is 0.407 e. The van der Waals surface area contributed by atoms with Crippen molar-refractivity contribution >= 4 is 27.8 Å². The lowest BCUT2D eigenvalue weighted by molar-refractivity contribution is -0.161. The molecule has 180 valence electrons. The van der Waals surface area contributed by atoms with Crippen molar-refractivity contribution in [2.45, 2.75) is 56.9 Å². The molecule has 1 aromatic heterocycles.